The number of carbonyl (C=O) groups excluding carboxylic acids is 1. The van der Waals surface area contributed by atoms with Crippen LogP contribution >= 0.6 is 0 Å². The van der Waals surface area contributed by atoms with Crippen molar-refractivity contribution in [3.8, 4) is 0 Å². The van der Waals surface area contributed by atoms with Gasteiger partial charge in [0.05, 0.1) is 19.1 Å². The summed E-state index contributed by atoms with van der Waals surface area (Å²) in [7, 11) is -4.36. The van der Waals surface area contributed by atoms with Gasteiger partial charge in [-0.2, -0.15) is 4.31 Å². The molecule has 0 aliphatic carbocycles. The molecule has 2 rings (SSSR count). The highest BCUT2D eigenvalue weighted by atomic mass is 32.2. The van der Waals surface area contributed by atoms with Crippen LogP contribution in [0.3, 0.4) is 0 Å². The van der Waals surface area contributed by atoms with Crippen LogP contribution in [0.2, 0.25) is 0 Å². The maximum absolute atomic E-state index is 12.0. The molecule has 136 valence electrons. The second-order valence-electron chi connectivity index (χ2n) is 5.50. The second-order valence-corrected chi connectivity index (χ2v) is 7.59. The van der Waals surface area contributed by atoms with Crippen LogP contribution in [0.4, 0.5) is 0 Å². The highest BCUT2D eigenvalue weighted by Crippen LogP contribution is 2.22. The van der Waals surface area contributed by atoms with Crippen LogP contribution in [-0.2, 0) is 25.9 Å². The number of hydrogen-bond acceptors (Lipinski definition) is 7. The third-order valence-corrected chi connectivity index (χ3v) is 4.77. The highest BCUT2D eigenvalue weighted by Gasteiger charge is 2.23. The van der Waals surface area contributed by atoms with Crippen LogP contribution in [0.25, 0.3) is 11.0 Å². The molecule has 0 unspecified atom stereocenters. The fourth-order valence-corrected chi connectivity index (χ4v) is 2.57. The van der Waals surface area contributed by atoms with Crippen LogP contribution in [0, 0.1) is 0 Å². The number of carbonyl (C=O) groups is 1. The summed E-state index contributed by atoms with van der Waals surface area (Å²) < 4.78 is 33.8. The van der Waals surface area contributed by atoms with Gasteiger partial charge in [-0.3, -0.25) is 4.79 Å². The van der Waals surface area contributed by atoms with E-state index in [9.17, 15) is 13.2 Å². The molecule has 2 aromatic rings. The molecule has 11 heteroatoms. The van der Waals surface area contributed by atoms with Gasteiger partial charge < -0.3 is 24.4 Å². The lowest BCUT2D eigenvalue weighted by Gasteiger charge is -2.21. The molecule has 0 aliphatic heterocycles. The molecule has 0 saturated carbocycles. The monoisotopic (exact) mass is 370 g/mol. The third-order valence-electron chi connectivity index (χ3n) is 3.51. The van der Waals surface area contributed by atoms with E-state index in [1.54, 1.807) is 6.07 Å². The number of hydrogen-bond donors (Lipinski definition) is 3. The summed E-state index contributed by atoms with van der Waals surface area (Å²) >= 11 is 0. The molecule has 0 fully saturated rings. The molecule has 0 spiro atoms. The van der Waals surface area contributed by atoms with Gasteiger partial charge in [-0.1, -0.05) is 18.2 Å². The molecule has 1 atom stereocenters. The first-order valence-electron chi connectivity index (χ1n) is 7.34. The molecule has 1 heterocycles. The fourth-order valence-electron chi connectivity index (χ4n) is 2.22. The van der Waals surface area contributed by atoms with Crippen molar-refractivity contribution >= 4 is 34.2 Å². The van der Waals surface area contributed by atoms with E-state index in [0.29, 0.717) is 11.1 Å². The largest absolute Gasteiger partial charge is 0.635 e. The molecule has 0 saturated heterocycles. The normalized spacial score (nSPS) is 13.2. The summed E-state index contributed by atoms with van der Waals surface area (Å²) in [6.07, 6.45) is 1.48. The van der Waals surface area contributed by atoms with E-state index in [1.165, 1.54) is 13.3 Å². The number of benzene rings is 1. The topological polar surface area (TPSA) is 129 Å². The van der Waals surface area contributed by atoms with Gasteiger partial charge in [-0.05, 0) is 6.07 Å². The molecular formula is C14H19BN2O7S. The van der Waals surface area contributed by atoms with E-state index in [2.05, 4.69) is 5.32 Å². The maximum Gasteiger partial charge on any atom is 0.635 e. The Labute approximate surface area is 145 Å². The Morgan fingerprint density at radius 3 is 2.72 bits per heavy atom. The molecule has 1 aromatic heterocycles. The summed E-state index contributed by atoms with van der Waals surface area (Å²) in [6, 6.07) is 7.22. The predicted octanol–water partition coefficient (Wildman–Crippen LogP) is -0.705. The van der Waals surface area contributed by atoms with E-state index >= 15 is 0 Å². The van der Waals surface area contributed by atoms with Crippen molar-refractivity contribution in [3.05, 3.63) is 36.1 Å². The van der Waals surface area contributed by atoms with Gasteiger partial charge in [0, 0.05) is 24.4 Å². The number of para-hydroxylation sites is 1. The fraction of sp³-hybridized carbons (Fsp3) is 0.357. The molecule has 25 heavy (non-hydrogen) atoms. The number of furan rings is 1. The molecule has 1 amide bonds. The minimum Gasteiger partial charge on any atom is -0.464 e. The van der Waals surface area contributed by atoms with Crippen molar-refractivity contribution in [1.29, 1.82) is 0 Å². The average Bonchev–Trinajstić information content (AvgIpc) is 2.88. The van der Waals surface area contributed by atoms with Crippen LogP contribution in [0.1, 0.15) is 5.56 Å². The van der Waals surface area contributed by atoms with Crippen LogP contribution in [0.5, 0.6) is 0 Å². The Morgan fingerprint density at radius 2 is 2.08 bits per heavy atom. The maximum atomic E-state index is 12.0. The van der Waals surface area contributed by atoms with Gasteiger partial charge in [0.2, 0.25) is 15.9 Å². The van der Waals surface area contributed by atoms with Gasteiger partial charge in [-0.25, -0.2) is 8.42 Å². The Bertz CT molecular complexity index is 837. The lowest BCUT2D eigenvalue weighted by atomic mass is 10.1. The number of fused-ring (bicyclic) bond motifs is 1. The van der Waals surface area contributed by atoms with Crippen LogP contribution < -0.4 is 5.32 Å². The van der Waals surface area contributed by atoms with E-state index in [-0.39, 0.29) is 6.42 Å². The number of amides is 1. The van der Waals surface area contributed by atoms with Gasteiger partial charge in [0.25, 0.3) is 0 Å². The van der Waals surface area contributed by atoms with Gasteiger partial charge in [0.1, 0.15) is 11.8 Å². The predicted molar refractivity (Wildman–Crippen MR) is 90.6 cm³/mol. The van der Waals surface area contributed by atoms with Crippen molar-refractivity contribution in [2.75, 3.05) is 19.8 Å². The molecule has 0 radical (unpaired) electrons. The summed E-state index contributed by atoms with van der Waals surface area (Å²) in [6.45, 7) is -0.424. The zero-order chi connectivity index (χ0) is 18.6. The lowest BCUT2D eigenvalue weighted by Crippen LogP contribution is -2.46. The number of likely N-dealkylation sites (N-methyl/N-ethyl adjacent to an activating group) is 1. The van der Waals surface area contributed by atoms with E-state index < -0.39 is 36.0 Å². The number of rotatable bonds is 8. The summed E-state index contributed by atoms with van der Waals surface area (Å²) in [5.74, 6) is -0.647. The van der Waals surface area contributed by atoms with Crippen molar-refractivity contribution in [2.24, 2.45) is 0 Å². The van der Waals surface area contributed by atoms with Crippen molar-refractivity contribution < 1.29 is 32.3 Å². The van der Waals surface area contributed by atoms with Crippen LogP contribution in [0.15, 0.2) is 34.9 Å². The summed E-state index contributed by atoms with van der Waals surface area (Å²) in [5.41, 5.74) is 1.34. The zero-order valence-corrected chi connectivity index (χ0v) is 14.6. The number of nitrogens with zero attached hydrogens (tertiary/aromatic N) is 1. The minimum atomic E-state index is -3.52. The molecule has 1 aromatic carbocycles. The Kier molecular flexibility index (Phi) is 6.19. The lowest BCUT2D eigenvalue weighted by molar-refractivity contribution is -0.124. The first-order valence-corrected chi connectivity index (χ1v) is 9.19. The standard InChI is InChI=1S/C14H19BN2O7S/c1-17(25(2,21)22)8-13(18)16-14(24-15(19)20)7-10-9-23-12-6-4-3-5-11(10)12/h3-6,9,14,19-20H,7-8H2,1-2H3,(H,16,18)/t14-/m1/s1. The third kappa shape index (κ3) is 5.54. The quantitative estimate of drug-likeness (QED) is 0.414. The second kappa shape index (κ2) is 7.98. The Hall–Kier alpha value is -1.92. The Balaban J connectivity index is 2.09. The van der Waals surface area contributed by atoms with E-state index in [1.807, 2.05) is 18.2 Å². The molecule has 0 bridgehead atoms. The zero-order valence-electron chi connectivity index (χ0n) is 13.7. The van der Waals surface area contributed by atoms with Crippen molar-refractivity contribution in [1.82, 2.24) is 9.62 Å². The van der Waals surface area contributed by atoms with E-state index in [4.69, 9.17) is 19.1 Å². The highest BCUT2D eigenvalue weighted by molar-refractivity contribution is 7.88. The van der Waals surface area contributed by atoms with E-state index in [0.717, 1.165) is 15.9 Å². The Morgan fingerprint density at radius 1 is 1.40 bits per heavy atom. The molecule has 3 N–H and O–H groups in total. The SMILES string of the molecule is CN(CC(=O)N[C@@H](Cc1coc2ccccc12)OB(O)O)S(C)(=O)=O. The van der Waals surface area contributed by atoms with Gasteiger partial charge in [0.15, 0.2) is 0 Å². The number of sulfonamides is 1. The van der Waals surface area contributed by atoms with Gasteiger partial charge in [-0.15, -0.1) is 0 Å². The average molecular weight is 370 g/mol. The number of nitrogens with one attached hydrogen (secondary N) is 1. The smallest absolute Gasteiger partial charge is 0.464 e. The molecular weight excluding hydrogens is 351 g/mol. The van der Waals surface area contributed by atoms with Gasteiger partial charge >= 0.3 is 7.32 Å². The van der Waals surface area contributed by atoms with Crippen LogP contribution in [-0.4, -0.2) is 62.1 Å². The first kappa shape index (κ1) is 19.4. The van der Waals surface area contributed by atoms with Crippen molar-refractivity contribution in [3.63, 3.8) is 0 Å². The van der Waals surface area contributed by atoms with Crippen molar-refractivity contribution in [2.45, 2.75) is 12.6 Å². The molecule has 9 nitrogen and oxygen atoms in total. The first-order chi connectivity index (χ1) is 11.7. The molecule has 0 aliphatic rings. The summed E-state index contributed by atoms with van der Waals surface area (Å²) in [4.78, 5) is 12.0. The summed E-state index contributed by atoms with van der Waals surface area (Å²) in [5, 5.41) is 21.3. The minimum absolute atomic E-state index is 0.100.